The van der Waals surface area contributed by atoms with Gasteiger partial charge in [0.2, 0.25) is 0 Å². The Labute approximate surface area is 97.3 Å². The molecule has 17 heavy (non-hydrogen) atoms. The maximum atomic E-state index is 11.9. The standard InChI is InChI=1S/C11H11N3O3/c15-9(16)6-14-10(17)13-8-1-4-12-5-7(8)11(14)2-3-11/h1,4-5H,2-3,6H2,(H,13,17)(H,15,16). The minimum Gasteiger partial charge on any atom is -0.480 e. The number of amides is 2. The van der Waals surface area contributed by atoms with Gasteiger partial charge in [-0.2, -0.15) is 0 Å². The Morgan fingerprint density at radius 2 is 2.35 bits per heavy atom. The Kier molecular flexibility index (Phi) is 1.89. The van der Waals surface area contributed by atoms with Crippen LogP contribution in [0.4, 0.5) is 10.5 Å². The summed E-state index contributed by atoms with van der Waals surface area (Å²) < 4.78 is 0. The van der Waals surface area contributed by atoms with Crippen molar-refractivity contribution in [3.05, 3.63) is 24.0 Å². The van der Waals surface area contributed by atoms with E-state index in [4.69, 9.17) is 5.11 Å². The number of carboxylic acids is 1. The van der Waals surface area contributed by atoms with E-state index < -0.39 is 11.5 Å². The van der Waals surface area contributed by atoms with E-state index in [1.54, 1.807) is 18.5 Å². The highest BCUT2D eigenvalue weighted by Gasteiger charge is 2.55. The maximum absolute atomic E-state index is 11.9. The average molecular weight is 233 g/mol. The lowest BCUT2D eigenvalue weighted by molar-refractivity contribution is -0.138. The molecule has 1 aromatic rings. The van der Waals surface area contributed by atoms with Gasteiger partial charge in [0.25, 0.3) is 0 Å². The molecule has 0 atom stereocenters. The highest BCUT2D eigenvalue weighted by Crippen LogP contribution is 2.54. The maximum Gasteiger partial charge on any atom is 0.323 e. The molecule has 1 saturated carbocycles. The van der Waals surface area contributed by atoms with Gasteiger partial charge in [0, 0.05) is 18.0 Å². The number of carbonyl (C=O) groups is 2. The van der Waals surface area contributed by atoms with E-state index in [1.165, 1.54) is 4.90 Å². The minimum atomic E-state index is -1.00. The van der Waals surface area contributed by atoms with E-state index in [-0.39, 0.29) is 12.6 Å². The summed E-state index contributed by atoms with van der Waals surface area (Å²) in [5.74, 6) is -1.00. The minimum absolute atomic E-state index is 0.278. The van der Waals surface area contributed by atoms with Crippen molar-refractivity contribution in [3.8, 4) is 0 Å². The number of carbonyl (C=O) groups excluding carboxylic acids is 1. The molecule has 0 aromatic carbocycles. The van der Waals surface area contributed by atoms with Gasteiger partial charge in [-0.05, 0) is 18.9 Å². The largest absolute Gasteiger partial charge is 0.480 e. The Balaban J connectivity index is 2.05. The fourth-order valence-electron chi connectivity index (χ4n) is 2.41. The normalized spacial score (nSPS) is 19.8. The Bertz CT molecular complexity index is 510. The van der Waals surface area contributed by atoms with Gasteiger partial charge in [0.15, 0.2) is 0 Å². The molecule has 1 spiro atoms. The zero-order valence-corrected chi connectivity index (χ0v) is 9.01. The zero-order chi connectivity index (χ0) is 12.0. The molecule has 2 amide bonds. The highest BCUT2D eigenvalue weighted by atomic mass is 16.4. The summed E-state index contributed by atoms with van der Waals surface area (Å²) in [4.78, 5) is 28.1. The Morgan fingerprint density at radius 1 is 1.59 bits per heavy atom. The SMILES string of the molecule is O=C(O)CN1C(=O)Nc2ccncc2C12CC2. The number of fused-ring (bicyclic) bond motifs is 2. The summed E-state index contributed by atoms with van der Waals surface area (Å²) in [6.45, 7) is -0.278. The van der Waals surface area contributed by atoms with E-state index in [0.29, 0.717) is 0 Å². The van der Waals surface area contributed by atoms with Crippen LogP contribution in [0.15, 0.2) is 18.5 Å². The number of nitrogens with zero attached hydrogens (tertiary/aromatic N) is 2. The van der Waals surface area contributed by atoms with Crippen LogP contribution in [-0.2, 0) is 10.3 Å². The summed E-state index contributed by atoms with van der Waals surface area (Å²) in [6, 6.07) is 1.40. The van der Waals surface area contributed by atoms with Gasteiger partial charge in [-0.25, -0.2) is 4.79 Å². The lowest BCUT2D eigenvalue weighted by Gasteiger charge is -2.36. The molecule has 1 aliphatic heterocycles. The number of pyridine rings is 1. The van der Waals surface area contributed by atoms with Gasteiger partial charge in [0.1, 0.15) is 6.54 Å². The second kappa shape index (κ2) is 3.19. The van der Waals surface area contributed by atoms with Crippen LogP contribution in [0.5, 0.6) is 0 Å². The number of hydrogen-bond donors (Lipinski definition) is 2. The van der Waals surface area contributed by atoms with Crippen LogP contribution in [0, 0.1) is 0 Å². The van der Waals surface area contributed by atoms with Crippen molar-refractivity contribution >= 4 is 17.7 Å². The third-order valence-electron chi connectivity index (χ3n) is 3.34. The summed E-state index contributed by atoms with van der Waals surface area (Å²) in [7, 11) is 0. The van der Waals surface area contributed by atoms with Crippen molar-refractivity contribution in [1.82, 2.24) is 9.88 Å². The monoisotopic (exact) mass is 233 g/mol. The molecule has 1 aromatic heterocycles. The van der Waals surface area contributed by atoms with Gasteiger partial charge in [-0.3, -0.25) is 9.78 Å². The Morgan fingerprint density at radius 3 is 3.00 bits per heavy atom. The molecule has 1 aliphatic carbocycles. The van der Waals surface area contributed by atoms with Gasteiger partial charge < -0.3 is 15.3 Å². The lowest BCUT2D eigenvalue weighted by Crippen LogP contribution is -2.49. The van der Waals surface area contributed by atoms with Gasteiger partial charge in [0.05, 0.1) is 11.2 Å². The molecule has 2 N–H and O–H groups in total. The van der Waals surface area contributed by atoms with E-state index >= 15 is 0 Å². The molecule has 0 bridgehead atoms. The first-order valence-electron chi connectivity index (χ1n) is 5.38. The number of hydrogen-bond acceptors (Lipinski definition) is 3. The topological polar surface area (TPSA) is 82.5 Å². The van der Waals surface area contributed by atoms with Crippen LogP contribution in [0.3, 0.4) is 0 Å². The van der Waals surface area contributed by atoms with Gasteiger partial charge in [-0.15, -0.1) is 0 Å². The van der Waals surface area contributed by atoms with Crippen molar-refractivity contribution in [3.63, 3.8) is 0 Å². The number of carboxylic acid groups (broad SMARTS) is 1. The van der Waals surface area contributed by atoms with Crippen molar-refractivity contribution < 1.29 is 14.7 Å². The van der Waals surface area contributed by atoms with E-state index in [9.17, 15) is 9.59 Å². The summed E-state index contributed by atoms with van der Waals surface area (Å²) in [6.07, 6.45) is 4.91. The molecule has 1 fully saturated rings. The highest BCUT2D eigenvalue weighted by molar-refractivity contribution is 5.96. The van der Waals surface area contributed by atoms with Crippen molar-refractivity contribution in [1.29, 1.82) is 0 Å². The van der Waals surface area contributed by atoms with Crippen LogP contribution in [-0.4, -0.2) is 33.5 Å². The quantitative estimate of drug-likeness (QED) is 0.798. The number of rotatable bonds is 2. The summed E-state index contributed by atoms with van der Waals surface area (Å²) in [5, 5.41) is 11.5. The summed E-state index contributed by atoms with van der Waals surface area (Å²) in [5.41, 5.74) is 1.22. The average Bonchev–Trinajstić information content (AvgIpc) is 3.06. The van der Waals surface area contributed by atoms with Gasteiger partial charge >= 0.3 is 12.0 Å². The molecule has 0 unspecified atom stereocenters. The van der Waals surface area contributed by atoms with Crippen LogP contribution in [0.25, 0.3) is 0 Å². The van der Waals surface area contributed by atoms with Crippen LogP contribution < -0.4 is 5.32 Å². The molecule has 88 valence electrons. The van der Waals surface area contributed by atoms with Crippen LogP contribution in [0.1, 0.15) is 18.4 Å². The van der Waals surface area contributed by atoms with Crippen LogP contribution >= 0.6 is 0 Å². The molecule has 2 heterocycles. The summed E-state index contributed by atoms with van der Waals surface area (Å²) >= 11 is 0. The van der Waals surface area contributed by atoms with E-state index in [2.05, 4.69) is 10.3 Å². The number of nitrogens with one attached hydrogen (secondary N) is 1. The molecule has 6 nitrogen and oxygen atoms in total. The fraction of sp³-hybridized carbons (Fsp3) is 0.364. The number of anilines is 1. The first-order valence-corrected chi connectivity index (χ1v) is 5.38. The third-order valence-corrected chi connectivity index (χ3v) is 3.34. The van der Waals surface area contributed by atoms with E-state index in [1.807, 2.05) is 0 Å². The number of aliphatic carboxylic acids is 1. The molecular weight excluding hydrogens is 222 g/mol. The first-order chi connectivity index (χ1) is 8.13. The second-order valence-corrected chi connectivity index (χ2v) is 4.36. The Hall–Kier alpha value is -2.11. The molecule has 3 rings (SSSR count). The number of aromatic nitrogens is 1. The van der Waals surface area contributed by atoms with Crippen LogP contribution in [0.2, 0.25) is 0 Å². The third kappa shape index (κ3) is 1.37. The predicted molar refractivity (Wildman–Crippen MR) is 58.5 cm³/mol. The van der Waals surface area contributed by atoms with E-state index in [0.717, 1.165) is 24.1 Å². The van der Waals surface area contributed by atoms with Crippen molar-refractivity contribution in [2.75, 3.05) is 11.9 Å². The van der Waals surface area contributed by atoms with Crippen molar-refractivity contribution in [2.24, 2.45) is 0 Å². The predicted octanol–water partition coefficient (Wildman–Crippen LogP) is 1.00. The van der Waals surface area contributed by atoms with Crippen molar-refractivity contribution in [2.45, 2.75) is 18.4 Å². The number of urea groups is 1. The van der Waals surface area contributed by atoms with Gasteiger partial charge in [-0.1, -0.05) is 0 Å². The second-order valence-electron chi connectivity index (χ2n) is 4.36. The molecule has 0 saturated heterocycles. The zero-order valence-electron chi connectivity index (χ0n) is 9.01. The molecule has 0 radical (unpaired) electrons. The molecule has 2 aliphatic rings. The lowest BCUT2D eigenvalue weighted by atomic mass is 10.0. The first kappa shape index (κ1) is 10.1. The molecular formula is C11H11N3O3. The fourth-order valence-corrected chi connectivity index (χ4v) is 2.41. The molecule has 6 heteroatoms. The smallest absolute Gasteiger partial charge is 0.323 e.